The first-order chi connectivity index (χ1) is 8.60. The number of nitrogens with two attached hydrogens (primary N) is 1. The Kier molecular flexibility index (Phi) is 4.90. The zero-order valence-corrected chi connectivity index (χ0v) is 13.7. The van der Waals surface area contributed by atoms with Crippen LogP contribution in [0, 0.1) is 13.8 Å². The van der Waals surface area contributed by atoms with Crippen molar-refractivity contribution in [3.05, 3.63) is 50.1 Å². The Morgan fingerprint density at radius 1 is 1.33 bits per heavy atom. The lowest BCUT2D eigenvalue weighted by atomic mass is 10.2. The zero-order valence-electron chi connectivity index (χ0n) is 10.4. The van der Waals surface area contributed by atoms with E-state index in [0.717, 1.165) is 4.47 Å². The molecule has 2 aromatic rings. The maximum Gasteiger partial charge on any atom is 0.0561 e. The van der Waals surface area contributed by atoms with Gasteiger partial charge in [-0.25, -0.2) is 0 Å². The van der Waals surface area contributed by atoms with Crippen LogP contribution >= 0.6 is 39.0 Å². The van der Waals surface area contributed by atoms with Crippen LogP contribution in [0.5, 0.6) is 0 Å². The molecular formula is C14H16BrNS2. The molecule has 2 N–H and O–H groups in total. The molecule has 0 aliphatic heterocycles. The number of thiophene rings is 1. The van der Waals surface area contributed by atoms with Gasteiger partial charge in [-0.3, -0.25) is 0 Å². The third kappa shape index (κ3) is 3.38. The highest BCUT2D eigenvalue weighted by Gasteiger charge is 2.14. The van der Waals surface area contributed by atoms with Gasteiger partial charge in [0.1, 0.15) is 0 Å². The van der Waals surface area contributed by atoms with E-state index >= 15 is 0 Å². The van der Waals surface area contributed by atoms with Gasteiger partial charge in [-0.1, -0.05) is 17.7 Å². The summed E-state index contributed by atoms with van der Waals surface area (Å²) in [6.07, 6.45) is 0. The molecule has 4 heteroatoms. The van der Waals surface area contributed by atoms with E-state index in [2.05, 4.69) is 59.4 Å². The van der Waals surface area contributed by atoms with Gasteiger partial charge in [-0.2, -0.15) is 0 Å². The maximum absolute atomic E-state index is 5.91. The smallest absolute Gasteiger partial charge is 0.0561 e. The van der Waals surface area contributed by atoms with E-state index in [-0.39, 0.29) is 0 Å². The predicted molar refractivity (Wildman–Crippen MR) is 85.6 cm³/mol. The van der Waals surface area contributed by atoms with Gasteiger partial charge in [-0.05, 0) is 47.5 Å². The van der Waals surface area contributed by atoms with E-state index in [1.54, 1.807) is 11.3 Å². The molecule has 18 heavy (non-hydrogen) atoms. The maximum atomic E-state index is 5.91. The minimum atomic E-state index is 0.336. The molecular weight excluding hydrogens is 326 g/mol. The fourth-order valence-electron chi connectivity index (χ4n) is 1.80. The molecule has 0 saturated heterocycles. The summed E-state index contributed by atoms with van der Waals surface area (Å²) in [6.45, 7) is 4.94. The van der Waals surface area contributed by atoms with E-state index in [1.807, 2.05) is 11.8 Å². The molecule has 0 aliphatic carbocycles. The summed E-state index contributed by atoms with van der Waals surface area (Å²) in [5.41, 5.74) is 8.55. The lowest BCUT2D eigenvalue weighted by molar-refractivity contribution is 0.958. The highest BCUT2D eigenvalue weighted by molar-refractivity contribution is 9.10. The van der Waals surface area contributed by atoms with E-state index in [0.29, 0.717) is 11.8 Å². The van der Waals surface area contributed by atoms with Crippen molar-refractivity contribution in [3.8, 4) is 0 Å². The van der Waals surface area contributed by atoms with Crippen molar-refractivity contribution in [2.24, 2.45) is 5.73 Å². The molecule has 0 amide bonds. The van der Waals surface area contributed by atoms with Crippen LogP contribution in [-0.4, -0.2) is 6.54 Å². The van der Waals surface area contributed by atoms with Crippen LogP contribution in [0.4, 0.5) is 0 Å². The monoisotopic (exact) mass is 341 g/mol. The van der Waals surface area contributed by atoms with Crippen LogP contribution in [0.1, 0.15) is 21.3 Å². The number of aryl methyl sites for hydroxylation is 2. The molecule has 2 rings (SSSR count). The largest absolute Gasteiger partial charge is 0.329 e. The average molecular weight is 342 g/mol. The normalized spacial score (nSPS) is 12.7. The molecule has 0 spiro atoms. The Labute approximate surface area is 125 Å². The van der Waals surface area contributed by atoms with Gasteiger partial charge in [0.15, 0.2) is 0 Å². The van der Waals surface area contributed by atoms with Crippen molar-refractivity contribution >= 4 is 39.0 Å². The number of hydrogen-bond donors (Lipinski definition) is 1. The summed E-state index contributed by atoms with van der Waals surface area (Å²) in [4.78, 5) is 2.65. The summed E-state index contributed by atoms with van der Waals surface area (Å²) < 4.78 is 1.14. The van der Waals surface area contributed by atoms with Crippen molar-refractivity contribution in [1.82, 2.24) is 0 Å². The Hall–Kier alpha value is -0.290. The van der Waals surface area contributed by atoms with Crippen LogP contribution in [0.3, 0.4) is 0 Å². The summed E-state index contributed by atoms with van der Waals surface area (Å²) >= 11 is 7.12. The van der Waals surface area contributed by atoms with Gasteiger partial charge in [-0.15, -0.1) is 23.1 Å². The third-order valence-electron chi connectivity index (χ3n) is 2.72. The molecule has 0 radical (unpaired) electrons. The van der Waals surface area contributed by atoms with Crippen LogP contribution in [0.15, 0.2) is 39.0 Å². The van der Waals surface area contributed by atoms with E-state index in [1.165, 1.54) is 20.9 Å². The zero-order chi connectivity index (χ0) is 13.1. The number of benzene rings is 1. The number of hydrogen-bond acceptors (Lipinski definition) is 3. The SMILES string of the molecule is Cc1ccc(SC(CN)c2cc(Br)cs2)c(C)c1. The molecule has 1 heterocycles. The van der Waals surface area contributed by atoms with Gasteiger partial charge in [0.2, 0.25) is 0 Å². The lowest BCUT2D eigenvalue weighted by Crippen LogP contribution is -2.08. The number of halogens is 1. The number of thioether (sulfide) groups is 1. The standard InChI is InChI=1S/C14H16BrNS2/c1-9-3-4-12(10(2)5-9)18-14(7-16)13-6-11(15)8-17-13/h3-6,8,14H,7,16H2,1-2H3. The summed E-state index contributed by atoms with van der Waals surface area (Å²) in [7, 11) is 0. The van der Waals surface area contributed by atoms with Crippen LogP contribution < -0.4 is 5.73 Å². The van der Waals surface area contributed by atoms with Crippen molar-refractivity contribution in [2.45, 2.75) is 24.0 Å². The highest BCUT2D eigenvalue weighted by atomic mass is 79.9. The summed E-state index contributed by atoms with van der Waals surface area (Å²) in [5.74, 6) is 0. The molecule has 1 aromatic heterocycles. The molecule has 96 valence electrons. The quantitative estimate of drug-likeness (QED) is 0.798. The summed E-state index contributed by atoms with van der Waals surface area (Å²) in [6, 6.07) is 8.74. The first-order valence-corrected chi connectivity index (χ1v) is 8.33. The van der Waals surface area contributed by atoms with Crippen molar-refractivity contribution < 1.29 is 0 Å². The van der Waals surface area contributed by atoms with Gasteiger partial charge in [0, 0.05) is 26.2 Å². The first kappa shape index (κ1) is 14.1. The fraction of sp³-hybridized carbons (Fsp3) is 0.286. The van der Waals surface area contributed by atoms with Crippen molar-refractivity contribution in [1.29, 1.82) is 0 Å². The minimum absolute atomic E-state index is 0.336. The van der Waals surface area contributed by atoms with Crippen LogP contribution in [-0.2, 0) is 0 Å². The number of rotatable bonds is 4. The molecule has 1 atom stereocenters. The Balaban J connectivity index is 2.20. The first-order valence-electron chi connectivity index (χ1n) is 5.78. The Bertz CT molecular complexity index is 536. The van der Waals surface area contributed by atoms with E-state index in [4.69, 9.17) is 5.73 Å². The Morgan fingerprint density at radius 3 is 2.67 bits per heavy atom. The molecule has 1 nitrogen and oxygen atoms in total. The second kappa shape index (κ2) is 6.24. The fourth-order valence-corrected chi connectivity index (χ4v) is 4.53. The van der Waals surface area contributed by atoms with Crippen LogP contribution in [0.2, 0.25) is 0 Å². The molecule has 0 aliphatic rings. The second-order valence-electron chi connectivity index (χ2n) is 4.28. The second-order valence-corrected chi connectivity index (χ2v) is 7.38. The van der Waals surface area contributed by atoms with Gasteiger partial charge >= 0.3 is 0 Å². The molecule has 1 unspecified atom stereocenters. The average Bonchev–Trinajstić information content (AvgIpc) is 2.75. The van der Waals surface area contributed by atoms with Gasteiger partial charge in [0.05, 0.1) is 5.25 Å². The van der Waals surface area contributed by atoms with E-state index in [9.17, 15) is 0 Å². The third-order valence-corrected chi connectivity index (χ3v) is 6.12. The van der Waals surface area contributed by atoms with Gasteiger partial charge < -0.3 is 5.73 Å². The Morgan fingerprint density at radius 2 is 2.11 bits per heavy atom. The van der Waals surface area contributed by atoms with Gasteiger partial charge in [0.25, 0.3) is 0 Å². The van der Waals surface area contributed by atoms with Crippen molar-refractivity contribution in [2.75, 3.05) is 6.54 Å². The minimum Gasteiger partial charge on any atom is -0.329 e. The van der Waals surface area contributed by atoms with Crippen LogP contribution in [0.25, 0.3) is 0 Å². The molecule has 1 aromatic carbocycles. The molecule has 0 fully saturated rings. The van der Waals surface area contributed by atoms with Crippen molar-refractivity contribution in [3.63, 3.8) is 0 Å². The lowest BCUT2D eigenvalue weighted by Gasteiger charge is -2.14. The molecule has 0 bridgehead atoms. The molecule has 0 saturated carbocycles. The highest BCUT2D eigenvalue weighted by Crippen LogP contribution is 2.39. The summed E-state index contributed by atoms with van der Waals surface area (Å²) in [5, 5.41) is 2.45. The topological polar surface area (TPSA) is 26.0 Å². The predicted octanol–water partition coefficient (Wildman–Crippen LogP) is 4.92. The van der Waals surface area contributed by atoms with E-state index < -0.39 is 0 Å².